The molecule has 0 aromatic carbocycles. The van der Waals surface area contributed by atoms with E-state index in [1.165, 1.54) is 19.3 Å². The maximum absolute atomic E-state index is 14.8. The molecule has 1 unspecified atom stereocenters. The predicted octanol–water partition coefficient (Wildman–Crippen LogP) is 3.97. The zero-order valence-electron chi connectivity index (χ0n) is 13.7. The van der Waals surface area contributed by atoms with E-state index in [9.17, 15) is 14.6 Å². The summed E-state index contributed by atoms with van der Waals surface area (Å²) in [5.74, 6) is -0.912. The van der Waals surface area contributed by atoms with Crippen LogP contribution < -0.4 is 0 Å². The lowest BCUT2D eigenvalue weighted by Crippen LogP contribution is -2.56. The van der Waals surface area contributed by atoms with E-state index in [-0.39, 0.29) is 18.9 Å². The number of fused-ring (bicyclic) bond motifs is 5. The number of hydrogen-bond acceptors (Lipinski definition) is 2. The van der Waals surface area contributed by atoms with Crippen molar-refractivity contribution in [1.82, 2.24) is 0 Å². The van der Waals surface area contributed by atoms with Gasteiger partial charge in [0.05, 0.1) is 12.0 Å². The topological polar surface area (TPSA) is 40.5 Å². The molecule has 0 amide bonds. The fourth-order valence-corrected chi connectivity index (χ4v) is 6.85. The summed E-state index contributed by atoms with van der Waals surface area (Å²) < 4.78 is 14.8. The highest BCUT2D eigenvalue weighted by atomic mass is 19.2. The van der Waals surface area contributed by atoms with Crippen molar-refractivity contribution in [2.24, 2.45) is 28.6 Å². The Morgan fingerprint density at radius 3 is 2.73 bits per heavy atom. The molecule has 2 nitrogen and oxygen atoms in total. The first-order valence-electron chi connectivity index (χ1n) is 9.16. The highest BCUT2D eigenvalue weighted by Gasteiger charge is 2.66. The van der Waals surface area contributed by atoms with Gasteiger partial charge in [-0.3, -0.25) is 0 Å². The van der Waals surface area contributed by atoms with Crippen LogP contribution >= 0.6 is 0 Å². The van der Waals surface area contributed by atoms with E-state index in [0.29, 0.717) is 23.7 Å². The molecule has 0 spiro atoms. The molecular formula is C19H29FO2. The van der Waals surface area contributed by atoms with Gasteiger partial charge in [-0.2, -0.15) is 0 Å². The van der Waals surface area contributed by atoms with E-state index in [0.717, 1.165) is 25.7 Å². The maximum Gasteiger partial charge on any atom is 0.214 e. The normalized spacial score (nSPS) is 54.2. The van der Waals surface area contributed by atoms with Gasteiger partial charge in [-0.1, -0.05) is 18.6 Å². The summed E-state index contributed by atoms with van der Waals surface area (Å²) in [4.78, 5) is 0. The molecule has 4 aliphatic rings. The van der Waals surface area contributed by atoms with Crippen molar-refractivity contribution in [3.8, 4) is 0 Å². The summed E-state index contributed by atoms with van der Waals surface area (Å²) in [5, 5.41) is 20.3. The van der Waals surface area contributed by atoms with E-state index >= 15 is 0 Å². The molecule has 3 saturated carbocycles. The summed E-state index contributed by atoms with van der Waals surface area (Å²) in [6.07, 6.45) is 11.0. The lowest BCUT2D eigenvalue weighted by atomic mass is 9.47. The Hall–Kier alpha value is -0.410. The molecular weight excluding hydrogens is 279 g/mol. The quantitative estimate of drug-likeness (QED) is 0.720. The largest absolute Gasteiger partial charge is 0.396 e. The first-order chi connectivity index (χ1) is 10.4. The van der Waals surface area contributed by atoms with Crippen molar-refractivity contribution in [2.45, 2.75) is 70.6 Å². The van der Waals surface area contributed by atoms with Gasteiger partial charge in [-0.15, -0.1) is 0 Å². The molecule has 0 heterocycles. The Labute approximate surface area is 132 Å². The van der Waals surface area contributed by atoms with Gasteiger partial charge in [0.2, 0.25) is 5.85 Å². The van der Waals surface area contributed by atoms with Gasteiger partial charge in [0.1, 0.15) is 0 Å². The molecule has 0 radical (unpaired) electrons. The lowest BCUT2D eigenvalue weighted by Gasteiger charge is -2.58. The number of alkyl halides is 1. The van der Waals surface area contributed by atoms with Crippen LogP contribution in [0.4, 0.5) is 4.39 Å². The Kier molecular flexibility index (Phi) is 3.30. The SMILES string of the molecule is C[C@]12CCCC=C1CC[C@@H]1[C@H]2CC[C@@]2(CO)[C@H]1CCC2(O)F. The molecule has 124 valence electrons. The van der Waals surface area contributed by atoms with Crippen molar-refractivity contribution in [3.63, 3.8) is 0 Å². The van der Waals surface area contributed by atoms with Gasteiger partial charge in [-0.05, 0) is 74.5 Å². The first kappa shape index (κ1) is 15.1. The number of rotatable bonds is 1. The van der Waals surface area contributed by atoms with E-state index in [4.69, 9.17) is 0 Å². The second-order valence-electron chi connectivity index (χ2n) is 8.61. The van der Waals surface area contributed by atoms with Crippen molar-refractivity contribution < 1.29 is 14.6 Å². The molecule has 2 N–H and O–H groups in total. The van der Waals surface area contributed by atoms with Crippen LogP contribution in [-0.2, 0) is 0 Å². The van der Waals surface area contributed by atoms with Crippen molar-refractivity contribution in [2.75, 3.05) is 6.61 Å². The minimum absolute atomic E-state index is 0.159. The fraction of sp³-hybridized carbons (Fsp3) is 0.895. The van der Waals surface area contributed by atoms with Gasteiger partial charge in [0.15, 0.2) is 0 Å². The van der Waals surface area contributed by atoms with Crippen LogP contribution in [0.15, 0.2) is 11.6 Å². The number of hydrogen-bond donors (Lipinski definition) is 2. The smallest absolute Gasteiger partial charge is 0.214 e. The van der Waals surface area contributed by atoms with E-state index in [1.807, 2.05) is 0 Å². The number of aliphatic hydroxyl groups excluding tert-OH is 1. The molecule has 0 bridgehead atoms. The zero-order chi connectivity index (χ0) is 15.6. The molecule has 0 aromatic heterocycles. The molecule has 3 heteroatoms. The van der Waals surface area contributed by atoms with Crippen LogP contribution in [0.2, 0.25) is 0 Å². The highest BCUT2D eigenvalue weighted by Crippen LogP contribution is 2.67. The Balaban J connectivity index is 1.70. The molecule has 0 aromatic rings. The average molecular weight is 308 g/mol. The molecule has 4 aliphatic carbocycles. The molecule has 6 atom stereocenters. The monoisotopic (exact) mass is 308 g/mol. The molecule has 22 heavy (non-hydrogen) atoms. The van der Waals surface area contributed by atoms with Crippen LogP contribution in [0.3, 0.4) is 0 Å². The van der Waals surface area contributed by atoms with Gasteiger partial charge < -0.3 is 10.2 Å². The lowest BCUT2D eigenvalue weighted by molar-refractivity contribution is -0.220. The number of aliphatic hydroxyl groups is 2. The number of allylic oxidation sites excluding steroid dienone is 2. The summed E-state index contributed by atoms with van der Waals surface area (Å²) in [6.45, 7) is 2.23. The Bertz CT molecular complexity index is 500. The maximum atomic E-state index is 14.8. The number of halogens is 1. The third-order valence-corrected chi connectivity index (χ3v) is 8.07. The summed E-state index contributed by atoms with van der Waals surface area (Å²) in [6, 6.07) is 0. The minimum Gasteiger partial charge on any atom is -0.396 e. The van der Waals surface area contributed by atoms with Crippen LogP contribution in [0.25, 0.3) is 0 Å². The van der Waals surface area contributed by atoms with Crippen molar-refractivity contribution >= 4 is 0 Å². The van der Waals surface area contributed by atoms with Gasteiger partial charge in [-0.25, -0.2) is 4.39 Å². The van der Waals surface area contributed by atoms with Crippen LogP contribution in [-0.4, -0.2) is 22.7 Å². The second-order valence-corrected chi connectivity index (χ2v) is 8.61. The molecule has 0 saturated heterocycles. The van der Waals surface area contributed by atoms with Crippen molar-refractivity contribution in [1.29, 1.82) is 0 Å². The second kappa shape index (κ2) is 4.80. The molecule has 0 aliphatic heterocycles. The van der Waals surface area contributed by atoms with Crippen molar-refractivity contribution in [3.05, 3.63) is 11.6 Å². The first-order valence-corrected chi connectivity index (χ1v) is 9.16. The van der Waals surface area contributed by atoms with E-state index in [2.05, 4.69) is 13.0 Å². The highest BCUT2D eigenvalue weighted by molar-refractivity contribution is 5.24. The van der Waals surface area contributed by atoms with Crippen LogP contribution in [0.5, 0.6) is 0 Å². The molecule has 4 rings (SSSR count). The fourth-order valence-electron chi connectivity index (χ4n) is 6.85. The van der Waals surface area contributed by atoms with E-state index < -0.39 is 11.3 Å². The average Bonchev–Trinajstić information content (AvgIpc) is 2.78. The molecule has 3 fully saturated rings. The third kappa shape index (κ3) is 1.73. The summed E-state index contributed by atoms with van der Waals surface area (Å²) in [5.41, 5.74) is 1.05. The Morgan fingerprint density at radius 2 is 1.95 bits per heavy atom. The van der Waals surface area contributed by atoms with Gasteiger partial charge in [0.25, 0.3) is 0 Å². The summed E-state index contributed by atoms with van der Waals surface area (Å²) >= 11 is 0. The van der Waals surface area contributed by atoms with Crippen LogP contribution in [0.1, 0.15) is 64.7 Å². The van der Waals surface area contributed by atoms with E-state index in [1.54, 1.807) is 5.57 Å². The third-order valence-electron chi connectivity index (χ3n) is 8.07. The van der Waals surface area contributed by atoms with Gasteiger partial charge in [0, 0.05) is 6.42 Å². The predicted molar refractivity (Wildman–Crippen MR) is 83.8 cm³/mol. The zero-order valence-corrected chi connectivity index (χ0v) is 13.7. The standard InChI is InChI=1S/C19H29FO2/c1-17-9-3-2-4-13(17)5-6-14-15(17)7-10-18(12-21)16(14)8-11-19(18,20)22/h4,14-16,21-22H,2-3,5-12H2,1H3/t14-,15-,16+,17+,18-,19?/m1/s1. The Morgan fingerprint density at radius 1 is 1.18 bits per heavy atom. The van der Waals surface area contributed by atoms with Crippen LogP contribution in [0, 0.1) is 28.6 Å². The summed E-state index contributed by atoms with van der Waals surface area (Å²) in [7, 11) is 0. The van der Waals surface area contributed by atoms with Gasteiger partial charge >= 0.3 is 0 Å². The minimum atomic E-state index is -2.17.